The number of alkyl halides is 1. The van der Waals surface area contributed by atoms with Crippen LogP contribution in [0, 0.1) is 11.3 Å². The van der Waals surface area contributed by atoms with Gasteiger partial charge < -0.3 is 4.74 Å². The maximum atomic E-state index is 5.66. The standard InChI is InChI=1S/C9H15BrO/c1-7-2-9(3-7)4-8(5-10)11-6-9/h7-8H,2-6H2,1H3/t7?,8-,9?/m1/s1. The average molecular weight is 219 g/mol. The Kier molecular flexibility index (Phi) is 2.00. The van der Waals surface area contributed by atoms with Crippen LogP contribution in [0.4, 0.5) is 0 Å². The van der Waals surface area contributed by atoms with Crippen molar-refractivity contribution >= 4 is 15.9 Å². The molecule has 1 atom stereocenters. The molecule has 1 saturated heterocycles. The first-order chi connectivity index (χ1) is 5.24. The van der Waals surface area contributed by atoms with Crippen molar-refractivity contribution in [2.45, 2.75) is 32.3 Å². The smallest absolute Gasteiger partial charge is 0.0678 e. The highest BCUT2D eigenvalue weighted by Gasteiger charge is 2.47. The summed E-state index contributed by atoms with van der Waals surface area (Å²) in [6, 6.07) is 0. The first-order valence-electron chi connectivity index (χ1n) is 4.42. The van der Waals surface area contributed by atoms with Crippen LogP contribution in [-0.4, -0.2) is 18.0 Å². The van der Waals surface area contributed by atoms with Gasteiger partial charge in [-0.1, -0.05) is 22.9 Å². The normalized spacial score (nSPS) is 49.6. The molecule has 2 aliphatic rings. The molecule has 0 N–H and O–H groups in total. The number of halogens is 1. The van der Waals surface area contributed by atoms with Crippen molar-refractivity contribution in [1.82, 2.24) is 0 Å². The molecule has 0 amide bonds. The van der Waals surface area contributed by atoms with Crippen LogP contribution in [-0.2, 0) is 4.74 Å². The van der Waals surface area contributed by atoms with Gasteiger partial charge in [0, 0.05) is 5.33 Å². The van der Waals surface area contributed by atoms with Crippen molar-refractivity contribution in [3.05, 3.63) is 0 Å². The summed E-state index contributed by atoms with van der Waals surface area (Å²) in [4.78, 5) is 0. The van der Waals surface area contributed by atoms with Gasteiger partial charge in [0.05, 0.1) is 12.7 Å². The maximum absolute atomic E-state index is 5.66. The predicted molar refractivity (Wildman–Crippen MR) is 49.0 cm³/mol. The summed E-state index contributed by atoms with van der Waals surface area (Å²) < 4.78 is 5.66. The lowest BCUT2D eigenvalue weighted by atomic mass is 9.62. The van der Waals surface area contributed by atoms with E-state index in [4.69, 9.17) is 4.74 Å². The Morgan fingerprint density at radius 1 is 1.45 bits per heavy atom. The Morgan fingerprint density at radius 3 is 2.64 bits per heavy atom. The van der Waals surface area contributed by atoms with E-state index in [9.17, 15) is 0 Å². The predicted octanol–water partition coefficient (Wildman–Crippen LogP) is 2.59. The molecule has 2 fully saturated rings. The van der Waals surface area contributed by atoms with E-state index in [0.717, 1.165) is 17.9 Å². The second-order valence-corrected chi connectivity index (χ2v) is 4.95. The fourth-order valence-electron chi connectivity index (χ4n) is 2.70. The highest BCUT2D eigenvalue weighted by atomic mass is 79.9. The van der Waals surface area contributed by atoms with Crippen LogP contribution in [0.1, 0.15) is 26.2 Å². The van der Waals surface area contributed by atoms with Crippen molar-refractivity contribution in [3.63, 3.8) is 0 Å². The molecule has 0 bridgehead atoms. The van der Waals surface area contributed by atoms with Crippen molar-refractivity contribution in [2.75, 3.05) is 11.9 Å². The second-order valence-electron chi connectivity index (χ2n) is 4.30. The Labute approximate surface area is 76.6 Å². The first-order valence-corrected chi connectivity index (χ1v) is 5.54. The first kappa shape index (κ1) is 8.06. The van der Waals surface area contributed by atoms with Gasteiger partial charge in [-0.25, -0.2) is 0 Å². The highest BCUT2D eigenvalue weighted by Crippen LogP contribution is 2.52. The molecular formula is C9H15BrO. The van der Waals surface area contributed by atoms with Crippen LogP contribution in [0.25, 0.3) is 0 Å². The molecule has 2 heteroatoms. The van der Waals surface area contributed by atoms with Gasteiger partial charge in [-0.3, -0.25) is 0 Å². The van der Waals surface area contributed by atoms with E-state index < -0.39 is 0 Å². The van der Waals surface area contributed by atoms with Gasteiger partial charge in [0.1, 0.15) is 0 Å². The Hall–Kier alpha value is 0.440. The number of rotatable bonds is 1. The third kappa shape index (κ3) is 1.35. The molecule has 1 aliphatic heterocycles. The minimum Gasteiger partial charge on any atom is -0.377 e. The largest absolute Gasteiger partial charge is 0.377 e. The van der Waals surface area contributed by atoms with E-state index in [-0.39, 0.29) is 0 Å². The van der Waals surface area contributed by atoms with E-state index in [0.29, 0.717) is 11.5 Å². The molecule has 64 valence electrons. The lowest BCUT2D eigenvalue weighted by Crippen LogP contribution is -2.36. The minimum atomic E-state index is 0.502. The summed E-state index contributed by atoms with van der Waals surface area (Å²) in [6.07, 6.45) is 4.60. The van der Waals surface area contributed by atoms with Crippen molar-refractivity contribution in [1.29, 1.82) is 0 Å². The van der Waals surface area contributed by atoms with Crippen molar-refractivity contribution in [2.24, 2.45) is 11.3 Å². The van der Waals surface area contributed by atoms with E-state index >= 15 is 0 Å². The molecule has 0 aromatic heterocycles. The van der Waals surface area contributed by atoms with Gasteiger partial charge in [-0.2, -0.15) is 0 Å². The monoisotopic (exact) mass is 218 g/mol. The van der Waals surface area contributed by atoms with Crippen molar-refractivity contribution < 1.29 is 4.74 Å². The maximum Gasteiger partial charge on any atom is 0.0678 e. The highest BCUT2D eigenvalue weighted by molar-refractivity contribution is 9.09. The van der Waals surface area contributed by atoms with E-state index in [1.165, 1.54) is 19.3 Å². The quantitative estimate of drug-likeness (QED) is 0.616. The van der Waals surface area contributed by atoms with Crippen LogP contribution in [0.3, 0.4) is 0 Å². The van der Waals surface area contributed by atoms with Crippen LogP contribution in [0.5, 0.6) is 0 Å². The third-order valence-corrected chi connectivity index (χ3v) is 3.74. The van der Waals surface area contributed by atoms with Gasteiger partial charge in [-0.15, -0.1) is 0 Å². The molecule has 11 heavy (non-hydrogen) atoms. The average Bonchev–Trinajstić information content (AvgIpc) is 2.31. The Bertz CT molecular complexity index is 152. The van der Waals surface area contributed by atoms with Crippen LogP contribution >= 0.6 is 15.9 Å². The molecule has 1 aliphatic carbocycles. The van der Waals surface area contributed by atoms with Crippen LogP contribution < -0.4 is 0 Å². The van der Waals surface area contributed by atoms with Gasteiger partial charge in [0.2, 0.25) is 0 Å². The number of hydrogen-bond acceptors (Lipinski definition) is 1. The molecule has 1 heterocycles. The lowest BCUT2D eigenvalue weighted by molar-refractivity contribution is 0.0408. The SMILES string of the molecule is CC1CC2(CO[C@@H](CBr)C2)C1. The van der Waals surface area contributed by atoms with Crippen LogP contribution in [0.2, 0.25) is 0 Å². The fourth-order valence-corrected chi connectivity index (χ4v) is 3.11. The molecule has 0 unspecified atom stereocenters. The van der Waals surface area contributed by atoms with E-state index in [1.807, 2.05) is 0 Å². The summed E-state index contributed by atoms with van der Waals surface area (Å²) in [7, 11) is 0. The summed E-state index contributed by atoms with van der Waals surface area (Å²) in [5.41, 5.74) is 0.609. The lowest BCUT2D eigenvalue weighted by Gasteiger charge is -2.42. The van der Waals surface area contributed by atoms with Crippen LogP contribution in [0.15, 0.2) is 0 Å². The molecule has 0 aromatic rings. The second kappa shape index (κ2) is 2.74. The summed E-state index contributed by atoms with van der Waals surface area (Å²) in [6.45, 7) is 3.36. The number of ether oxygens (including phenoxy) is 1. The van der Waals surface area contributed by atoms with E-state index in [1.54, 1.807) is 0 Å². The molecule has 1 spiro atoms. The zero-order valence-corrected chi connectivity index (χ0v) is 8.56. The van der Waals surface area contributed by atoms with Crippen molar-refractivity contribution in [3.8, 4) is 0 Å². The molecule has 2 rings (SSSR count). The summed E-state index contributed by atoms with van der Waals surface area (Å²) in [5.74, 6) is 0.952. The topological polar surface area (TPSA) is 9.23 Å². The van der Waals surface area contributed by atoms with Gasteiger partial charge in [-0.05, 0) is 30.6 Å². The Morgan fingerprint density at radius 2 is 2.18 bits per heavy atom. The molecular weight excluding hydrogens is 204 g/mol. The summed E-state index contributed by atoms with van der Waals surface area (Å²) >= 11 is 3.47. The number of hydrogen-bond donors (Lipinski definition) is 0. The van der Waals surface area contributed by atoms with Gasteiger partial charge in [0.25, 0.3) is 0 Å². The molecule has 0 radical (unpaired) electrons. The fraction of sp³-hybridized carbons (Fsp3) is 1.00. The molecule has 1 nitrogen and oxygen atoms in total. The molecule has 0 aromatic carbocycles. The summed E-state index contributed by atoms with van der Waals surface area (Å²) in [5, 5.41) is 1.02. The Balaban J connectivity index is 1.89. The van der Waals surface area contributed by atoms with Gasteiger partial charge >= 0.3 is 0 Å². The third-order valence-electron chi connectivity index (χ3n) is 3.02. The molecule has 1 saturated carbocycles. The zero-order valence-electron chi connectivity index (χ0n) is 6.98. The van der Waals surface area contributed by atoms with E-state index in [2.05, 4.69) is 22.9 Å². The minimum absolute atomic E-state index is 0.502. The zero-order chi connectivity index (χ0) is 7.90. The van der Waals surface area contributed by atoms with Gasteiger partial charge in [0.15, 0.2) is 0 Å².